The standard InChI is InChI=1S/C73H118O6/c1-4-7-10-13-16-18-20-22-24-26-28-30-32-33-34-35-36-37-38-39-41-42-44-46-48-50-52-54-57-60-63-66-72(75)78-69-70(68-77-71(74)65-62-59-56-15-12-9-6-3)79-73(76)67-64-61-58-55-53-51-49-47-45-43-40-31-29-27-25-23-21-19-17-14-11-8-5-2/h7-8,10-11,16-19,22-25,28-31,33-34,36-37,43,45,49,51,70H,4-6,9,12-15,20-21,26-27,32,35,38-42,44,46-48,50,52-69H2,1-3H3/b10-7-,11-8-,18-16-,19-17-,24-22-,25-23-,30-28-,31-29-,34-33-,37-36-,45-43-,51-49-. The Labute approximate surface area is 487 Å². The largest absolute Gasteiger partial charge is 0.462 e. The van der Waals surface area contributed by atoms with Crippen molar-refractivity contribution in [3.05, 3.63) is 146 Å². The molecular formula is C73H118O6. The molecular weight excluding hydrogens is 973 g/mol. The summed E-state index contributed by atoms with van der Waals surface area (Å²) in [6.45, 7) is 6.35. The van der Waals surface area contributed by atoms with Gasteiger partial charge in [0.1, 0.15) is 13.2 Å². The number of hydrogen-bond acceptors (Lipinski definition) is 6. The molecule has 0 saturated carbocycles. The molecule has 446 valence electrons. The molecule has 0 heterocycles. The van der Waals surface area contributed by atoms with E-state index in [2.05, 4.69) is 167 Å². The Morgan fingerprint density at radius 3 is 0.772 bits per heavy atom. The van der Waals surface area contributed by atoms with Gasteiger partial charge in [-0.1, -0.05) is 282 Å². The average molecular weight is 1090 g/mol. The lowest BCUT2D eigenvalue weighted by Gasteiger charge is -2.18. The van der Waals surface area contributed by atoms with Crippen molar-refractivity contribution >= 4 is 17.9 Å². The van der Waals surface area contributed by atoms with Crippen LogP contribution in [0.3, 0.4) is 0 Å². The fraction of sp³-hybridized carbons (Fsp3) is 0.630. The minimum atomic E-state index is -0.795. The predicted molar refractivity (Wildman–Crippen MR) is 343 cm³/mol. The van der Waals surface area contributed by atoms with Gasteiger partial charge in [-0.25, -0.2) is 0 Å². The topological polar surface area (TPSA) is 78.9 Å². The maximum Gasteiger partial charge on any atom is 0.306 e. The number of carbonyl (C=O) groups excluding carboxylic acids is 3. The van der Waals surface area contributed by atoms with E-state index in [1.165, 1.54) is 89.9 Å². The first-order valence-electron chi connectivity index (χ1n) is 32.3. The van der Waals surface area contributed by atoms with Gasteiger partial charge in [0, 0.05) is 19.3 Å². The van der Waals surface area contributed by atoms with E-state index in [1.54, 1.807) is 0 Å². The number of unbranched alkanes of at least 4 members (excludes halogenated alkanes) is 22. The Morgan fingerprint density at radius 2 is 0.494 bits per heavy atom. The van der Waals surface area contributed by atoms with Crippen LogP contribution in [0.5, 0.6) is 0 Å². The smallest absolute Gasteiger partial charge is 0.306 e. The van der Waals surface area contributed by atoms with Crippen LogP contribution in [0.4, 0.5) is 0 Å². The van der Waals surface area contributed by atoms with Crippen LogP contribution in [0.2, 0.25) is 0 Å². The monoisotopic (exact) mass is 1090 g/mol. The molecule has 1 atom stereocenters. The zero-order chi connectivity index (χ0) is 57.1. The second-order valence-corrected chi connectivity index (χ2v) is 20.9. The number of hydrogen-bond donors (Lipinski definition) is 0. The first kappa shape index (κ1) is 74.3. The van der Waals surface area contributed by atoms with Gasteiger partial charge in [0.15, 0.2) is 6.10 Å². The van der Waals surface area contributed by atoms with E-state index in [0.29, 0.717) is 19.3 Å². The van der Waals surface area contributed by atoms with E-state index < -0.39 is 6.10 Å². The van der Waals surface area contributed by atoms with E-state index in [1.807, 2.05) is 0 Å². The number of carbonyl (C=O) groups is 3. The Balaban J connectivity index is 4.19. The quantitative estimate of drug-likeness (QED) is 0.0261. The van der Waals surface area contributed by atoms with Gasteiger partial charge < -0.3 is 14.2 Å². The lowest BCUT2D eigenvalue weighted by Crippen LogP contribution is -2.30. The summed E-state index contributed by atoms with van der Waals surface area (Å²) in [5.41, 5.74) is 0. The minimum Gasteiger partial charge on any atom is -0.462 e. The third-order valence-electron chi connectivity index (χ3n) is 13.3. The van der Waals surface area contributed by atoms with Crippen LogP contribution in [-0.4, -0.2) is 37.2 Å². The van der Waals surface area contributed by atoms with Crippen molar-refractivity contribution in [2.24, 2.45) is 0 Å². The summed E-state index contributed by atoms with van der Waals surface area (Å²) in [7, 11) is 0. The van der Waals surface area contributed by atoms with Crippen molar-refractivity contribution in [3.63, 3.8) is 0 Å². The van der Waals surface area contributed by atoms with Crippen molar-refractivity contribution in [3.8, 4) is 0 Å². The SMILES string of the molecule is CC/C=C\C/C=C\C/C=C\C/C=C\C/C=C\C/C=C\CCCCCCCCCCCCCCC(=O)OCC(COC(=O)CCCCCCCCC)OC(=O)CCCCCC/C=C\C/C=C\C/C=C\C/C=C\C/C=C\C/C=C\CC. The van der Waals surface area contributed by atoms with Crippen molar-refractivity contribution < 1.29 is 28.6 Å². The third-order valence-corrected chi connectivity index (χ3v) is 13.3. The number of allylic oxidation sites excluding steroid dienone is 24. The highest BCUT2D eigenvalue weighted by molar-refractivity contribution is 5.71. The molecule has 0 amide bonds. The van der Waals surface area contributed by atoms with Crippen LogP contribution in [0.15, 0.2) is 146 Å². The highest BCUT2D eigenvalue weighted by Gasteiger charge is 2.19. The molecule has 0 aromatic heterocycles. The van der Waals surface area contributed by atoms with Crippen LogP contribution >= 0.6 is 0 Å². The highest BCUT2D eigenvalue weighted by atomic mass is 16.6. The van der Waals surface area contributed by atoms with E-state index in [9.17, 15) is 14.4 Å². The molecule has 6 heteroatoms. The molecule has 0 aliphatic heterocycles. The van der Waals surface area contributed by atoms with Gasteiger partial charge in [-0.3, -0.25) is 14.4 Å². The Kier molecular flexibility index (Phi) is 61.9. The molecule has 0 aromatic rings. The molecule has 0 radical (unpaired) electrons. The fourth-order valence-electron chi connectivity index (χ4n) is 8.57. The van der Waals surface area contributed by atoms with Crippen LogP contribution in [-0.2, 0) is 28.6 Å². The average Bonchev–Trinajstić information content (AvgIpc) is 3.45. The lowest BCUT2D eigenvalue weighted by molar-refractivity contribution is -0.167. The van der Waals surface area contributed by atoms with E-state index in [4.69, 9.17) is 14.2 Å². The molecule has 6 nitrogen and oxygen atoms in total. The lowest BCUT2D eigenvalue weighted by atomic mass is 10.0. The van der Waals surface area contributed by atoms with Crippen molar-refractivity contribution in [1.29, 1.82) is 0 Å². The van der Waals surface area contributed by atoms with Gasteiger partial charge in [0.2, 0.25) is 0 Å². The van der Waals surface area contributed by atoms with Gasteiger partial charge in [-0.05, 0) is 122 Å². The minimum absolute atomic E-state index is 0.0919. The molecule has 0 aromatic carbocycles. The maximum atomic E-state index is 12.9. The summed E-state index contributed by atoms with van der Waals surface area (Å²) in [5.74, 6) is -0.926. The van der Waals surface area contributed by atoms with Crippen molar-refractivity contribution in [1.82, 2.24) is 0 Å². The highest BCUT2D eigenvalue weighted by Crippen LogP contribution is 2.15. The number of rotatable bonds is 57. The summed E-state index contributed by atoms with van der Waals surface area (Å²) < 4.78 is 16.8. The summed E-state index contributed by atoms with van der Waals surface area (Å²) in [4.78, 5) is 38.1. The molecule has 0 aliphatic carbocycles. The van der Waals surface area contributed by atoms with Gasteiger partial charge in [-0.2, -0.15) is 0 Å². The Hall–Kier alpha value is -4.71. The van der Waals surface area contributed by atoms with E-state index >= 15 is 0 Å². The molecule has 79 heavy (non-hydrogen) atoms. The Morgan fingerprint density at radius 1 is 0.266 bits per heavy atom. The summed E-state index contributed by atoms with van der Waals surface area (Å²) in [6.07, 6.45) is 94.5. The number of esters is 3. The molecule has 0 bridgehead atoms. The van der Waals surface area contributed by atoms with Gasteiger partial charge in [-0.15, -0.1) is 0 Å². The molecule has 0 N–H and O–H groups in total. The predicted octanol–water partition coefficient (Wildman–Crippen LogP) is 22.3. The molecule has 0 fully saturated rings. The Bertz CT molecular complexity index is 1730. The molecule has 0 spiro atoms. The number of ether oxygens (including phenoxy) is 3. The first-order chi connectivity index (χ1) is 39.0. The summed E-state index contributed by atoms with van der Waals surface area (Å²) in [6, 6.07) is 0. The maximum absolute atomic E-state index is 12.9. The molecule has 0 saturated heterocycles. The van der Waals surface area contributed by atoms with Crippen LogP contribution in [0, 0.1) is 0 Å². The zero-order valence-electron chi connectivity index (χ0n) is 51.1. The third kappa shape index (κ3) is 64.0. The van der Waals surface area contributed by atoms with Crippen LogP contribution < -0.4 is 0 Å². The summed E-state index contributed by atoms with van der Waals surface area (Å²) in [5, 5.41) is 0. The summed E-state index contributed by atoms with van der Waals surface area (Å²) >= 11 is 0. The second kappa shape index (κ2) is 65.8. The molecule has 0 aliphatic rings. The zero-order valence-corrected chi connectivity index (χ0v) is 51.1. The van der Waals surface area contributed by atoms with Gasteiger partial charge in [0.25, 0.3) is 0 Å². The van der Waals surface area contributed by atoms with E-state index in [0.717, 1.165) is 148 Å². The van der Waals surface area contributed by atoms with Crippen molar-refractivity contribution in [2.45, 2.75) is 284 Å². The van der Waals surface area contributed by atoms with Crippen molar-refractivity contribution in [2.75, 3.05) is 13.2 Å². The molecule has 1 unspecified atom stereocenters. The van der Waals surface area contributed by atoms with E-state index in [-0.39, 0.29) is 31.1 Å². The molecule has 0 rings (SSSR count). The van der Waals surface area contributed by atoms with Crippen LogP contribution in [0.25, 0.3) is 0 Å². The normalized spacial score (nSPS) is 13.1. The van der Waals surface area contributed by atoms with Crippen LogP contribution in [0.1, 0.15) is 278 Å². The first-order valence-corrected chi connectivity index (χ1v) is 32.3. The fourth-order valence-corrected chi connectivity index (χ4v) is 8.57. The second-order valence-electron chi connectivity index (χ2n) is 20.9. The van der Waals surface area contributed by atoms with Gasteiger partial charge in [0.05, 0.1) is 0 Å². The van der Waals surface area contributed by atoms with Gasteiger partial charge >= 0.3 is 17.9 Å².